The third kappa shape index (κ3) is 2.61. The van der Waals surface area contributed by atoms with Crippen molar-refractivity contribution in [2.24, 2.45) is 0 Å². The van der Waals surface area contributed by atoms with Crippen LogP contribution in [-0.2, 0) is 4.79 Å². The largest absolute Gasteiger partial charge is 0.358 e. The van der Waals surface area contributed by atoms with Gasteiger partial charge in [0.05, 0.1) is 5.56 Å². The molecule has 5 rings (SSSR count). The Kier molecular flexibility index (Phi) is 3.86. The normalized spacial score (nSPS) is 25.8. The van der Waals surface area contributed by atoms with Crippen molar-refractivity contribution >= 4 is 22.6 Å². The average molecular weight is 326 g/mol. The highest BCUT2D eigenvalue weighted by Crippen LogP contribution is 2.22. The number of nitrogens with zero attached hydrogens (tertiary/aromatic N) is 2. The van der Waals surface area contributed by atoms with Crippen LogP contribution in [0.3, 0.4) is 0 Å². The third-order valence-corrected chi connectivity index (χ3v) is 5.22. The number of H-pyrrole nitrogens is 1. The lowest BCUT2D eigenvalue weighted by Crippen LogP contribution is -2.63. The summed E-state index contributed by atoms with van der Waals surface area (Å²) in [4.78, 5) is 33.0. The zero-order valence-electron chi connectivity index (χ0n) is 13.8. The molecular weight excluding hydrogens is 304 g/mol. The van der Waals surface area contributed by atoms with E-state index in [1.165, 1.54) is 0 Å². The molecule has 1 unspecified atom stereocenters. The zero-order chi connectivity index (χ0) is 16.7. The van der Waals surface area contributed by atoms with Gasteiger partial charge in [-0.2, -0.15) is 0 Å². The molecule has 1 aromatic carbocycles. The van der Waals surface area contributed by atoms with Gasteiger partial charge < -0.3 is 10.3 Å². The number of benzene rings is 1. The second kappa shape index (κ2) is 6.03. The fourth-order valence-electron chi connectivity index (χ4n) is 3.89. The highest BCUT2D eigenvalue weighted by molar-refractivity contribution is 6.45. The molecule has 24 heavy (non-hydrogen) atoms. The summed E-state index contributed by atoms with van der Waals surface area (Å²) in [5.74, 6) is -0.971. The molecular formula is C18H22N4O2. The van der Waals surface area contributed by atoms with E-state index in [4.69, 9.17) is 0 Å². The second-order valence-electron chi connectivity index (χ2n) is 6.70. The summed E-state index contributed by atoms with van der Waals surface area (Å²) < 4.78 is 0. The minimum absolute atomic E-state index is 0.313. The lowest BCUT2D eigenvalue weighted by molar-refractivity contribution is -0.117. The summed E-state index contributed by atoms with van der Waals surface area (Å²) in [5.41, 5.74) is 2.11. The van der Waals surface area contributed by atoms with Crippen LogP contribution in [0.5, 0.6) is 0 Å². The van der Waals surface area contributed by atoms with Gasteiger partial charge in [0.25, 0.3) is 11.7 Å². The molecule has 3 fully saturated rings. The first-order valence-corrected chi connectivity index (χ1v) is 8.49. The number of Topliss-reactive ketones (excluding diaryl/α,β-unsaturated/α-hetero) is 1. The van der Waals surface area contributed by atoms with Crippen molar-refractivity contribution in [3.63, 3.8) is 0 Å². The van der Waals surface area contributed by atoms with Crippen LogP contribution in [0.25, 0.3) is 10.9 Å². The van der Waals surface area contributed by atoms with E-state index in [1.807, 2.05) is 31.2 Å². The van der Waals surface area contributed by atoms with Gasteiger partial charge in [0.1, 0.15) is 0 Å². The Morgan fingerprint density at radius 2 is 1.96 bits per heavy atom. The maximum absolute atomic E-state index is 12.6. The molecule has 3 saturated heterocycles. The molecule has 1 amide bonds. The summed E-state index contributed by atoms with van der Waals surface area (Å²) in [6, 6.07) is 7.89. The topological polar surface area (TPSA) is 68.4 Å². The summed E-state index contributed by atoms with van der Waals surface area (Å²) >= 11 is 0. The number of carbonyl (C=O) groups is 2. The summed E-state index contributed by atoms with van der Waals surface area (Å²) in [7, 11) is 0. The van der Waals surface area contributed by atoms with Gasteiger partial charge in [-0.15, -0.1) is 0 Å². The Morgan fingerprint density at radius 1 is 1.21 bits per heavy atom. The predicted octanol–water partition coefficient (Wildman–Crippen LogP) is 0.775. The van der Waals surface area contributed by atoms with E-state index in [0.29, 0.717) is 18.2 Å². The molecule has 2 aromatic rings. The van der Waals surface area contributed by atoms with E-state index in [9.17, 15) is 9.59 Å². The Labute approximate surface area is 140 Å². The average Bonchev–Trinajstić information content (AvgIpc) is 2.95. The van der Waals surface area contributed by atoms with Crippen molar-refractivity contribution in [1.29, 1.82) is 0 Å². The fraction of sp³-hybridized carbons (Fsp3) is 0.444. The number of nitrogens with one attached hydrogen (secondary N) is 2. The number of piperazine rings is 3. The molecule has 3 aliphatic rings. The fourth-order valence-corrected chi connectivity index (χ4v) is 3.89. The minimum atomic E-state index is -0.513. The number of para-hydroxylation sites is 1. The molecule has 4 heterocycles. The van der Waals surface area contributed by atoms with Crippen molar-refractivity contribution in [2.75, 3.05) is 39.3 Å². The van der Waals surface area contributed by atoms with Gasteiger partial charge in [-0.25, -0.2) is 0 Å². The lowest BCUT2D eigenvalue weighted by Gasteiger charge is -2.47. The van der Waals surface area contributed by atoms with Crippen LogP contribution in [0, 0.1) is 6.92 Å². The molecule has 1 aromatic heterocycles. The SMILES string of the molecule is Cc1[nH]c2ccccc2c1C(=O)C(=O)NCC1CN2CCN1CC2. The molecule has 0 saturated carbocycles. The molecule has 3 aliphatic heterocycles. The molecule has 2 bridgehead atoms. The van der Waals surface area contributed by atoms with E-state index in [1.54, 1.807) is 0 Å². The number of ketones is 1. The van der Waals surface area contributed by atoms with Crippen molar-refractivity contribution in [2.45, 2.75) is 13.0 Å². The van der Waals surface area contributed by atoms with Gasteiger partial charge in [-0.1, -0.05) is 18.2 Å². The number of rotatable bonds is 4. The minimum Gasteiger partial charge on any atom is -0.358 e. The summed E-state index contributed by atoms with van der Waals surface area (Å²) in [6.45, 7) is 7.66. The van der Waals surface area contributed by atoms with Gasteiger partial charge in [-0.3, -0.25) is 19.4 Å². The van der Waals surface area contributed by atoms with Crippen molar-refractivity contribution in [3.05, 3.63) is 35.5 Å². The molecule has 0 aliphatic carbocycles. The molecule has 0 spiro atoms. The monoisotopic (exact) mass is 326 g/mol. The van der Waals surface area contributed by atoms with E-state index < -0.39 is 11.7 Å². The summed E-state index contributed by atoms with van der Waals surface area (Å²) in [5, 5.41) is 3.65. The van der Waals surface area contributed by atoms with Crippen molar-refractivity contribution < 1.29 is 9.59 Å². The maximum atomic E-state index is 12.6. The Bertz CT molecular complexity index is 789. The third-order valence-electron chi connectivity index (χ3n) is 5.22. The number of amides is 1. The highest BCUT2D eigenvalue weighted by Gasteiger charge is 2.32. The zero-order valence-corrected chi connectivity index (χ0v) is 13.8. The first kappa shape index (κ1) is 15.4. The standard InChI is InChI=1S/C18H22N4O2/c1-12-16(14-4-2-3-5-15(14)20-12)17(23)18(24)19-10-13-11-21-6-8-22(13)9-7-21/h2-5,13,20H,6-11H2,1H3,(H,19,24). The summed E-state index contributed by atoms with van der Waals surface area (Å²) in [6.07, 6.45) is 0. The number of aromatic nitrogens is 1. The van der Waals surface area contributed by atoms with Crippen LogP contribution in [0.1, 0.15) is 16.1 Å². The van der Waals surface area contributed by atoms with Crippen LogP contribution >= 0.6 is 0 Å². The maximum Gasteiger partial charge on any atom is 0.292 e. The van der Waals surface area contributed by atoms with Crippen LogP contribution in [0.2, 0.25) is 0 Å². The van der Waals surface area contributed by atoms with Crippen LogP contribution in [0.4, 0.5) is 0 Å². The number of aromatic amines is 1. The van der Waals surface area contributed by atoms with E-state index in [0.717, 1.165) is 49.3 Å². The van der Waals surface area contributed by atoms with Crippen LogP contribution < -0.4 is 5.32 Å². The number of carbonyl (C=O) groups excluding carboxylic acids is 2. The predicted molar refractivity (Wildman–Crippen MR) is 92.2 cm³/mol. The van der Waals surface area contributed by atoms with Crippen LogP contribution in [-0.4, -0.2) is 71.8 Å². The smallest absolute Gasteiger partial charge is 0.292 e. The first-order valence-electron chi connectivity index (χ1n) is 8.49. The molecule has 1 atom stereocenters. The van der Waals surface area contributed by atoms with Gasteiger partial charge in [-0.05, 0) is 13.0 Å². The van der Waals surface area contributed by atoms with Gasteiger partial charge >= 0.3 is 0 Å². The number of hydrogen-bond donors (Lipinski definition) is 2. The molecule has 6 heteroatoms. The first-order chi connectivity index (χ1) is 11.6. The van der Waals surface area contributed by atoms with Crippen molar-refractivity contribution in [3.8, 4) is 0 Å². The molecule has 126 valence electrons. The second-order valence-corrected chi connectivity index (χ2v) is 6.70. The van der Waals surface area contributed by atoms with Gasteiger partial charge in [0.15, 0.2) is 0 Å². The Morgan fingerprint density at radius 3 is 2.67 bits per heavy atom. The van der Waals surface area contributed by atoms with Crippen molar-refractivity contribution in [1.82, 2.24) is 20.1 Å². The van der Waals surface area contributed by atoms with Crippen LogP contribution in [0.15, 0.2) is 24.3 Å². The highest BCUT2D eigenvalue weighted by atomic mass is 16.2. The lowest BCUT2D eigenvalue weighted by atomic mass is 10.1. The van der Waals surface area contributed by atoms with Gasteiger partial charge in [0, 0.05) is 61.9 Å². The molecule has 0 radical (unpaired) electrons. The van der Waals surface area contributed by atoms with E-state index >= 15 is 0 Å². The van der Waals surface area contributed by atoms with Gasteiger partial charge in [0.2, 0.25) is 0 Å². The van der Waals surface area contributed by atoms with E-state index in [2.05, 4.69) is 20.1 Å². The Hall–Kier alpha value is -2.18. The Balaban J connectivity index is 1.46. The molecule has 2 N–H and O–H groups in total. The number of fused-ring (bicyclic) bond motifs is 4. The molecule has 6 nitrogen and oxygen atoms in total. The number of aryl methyl sites for hydroxylation is 1. The van der Waals surface area contributed by atoms with E-state index in [-0.39, 0.29) is 0 Å². The number of hydrogen-bond acceptors (Lipinski definition) is 4. The quantitative estimate of drug-likeness (QED) is 0.643.